The lowest BCUT2D eigenvalue weighted by atomic mass is 10.2. The highest BCUT2D eigenvalue weighted by atomic mass is 79.9. The van der Waals surface area contributed by atoms with Gasteiger partial charge in [0, 0.05) is 10.5 Å². The molecule has 0 saturated carbocycles. The van der Waals surface area contributed by atoms with E-state index in [0.29, 0.717) is 17.9 Å². The third-order valence-corrected chi connectivity index (χ3v) is 4.69. The van der Waals surface area contributed by atoms with E-state index in [-0.39, 0.29) is 11.6 Å². The minimum Gasteiger partial charge on any atom is -0.305 e. The number of nitrogens with zero attached hydrogens (tertiary/aromatic N) is 4. The highest BCUT2D eigenvalue weighted by molar-refractivity contribution is 9.10. The molecule has 0 unspecified atom stereocenters. The molecule has 2 heterocycles. The lowest BCUT2D eigenvalue weighted by Gasteiger charge is -2.10. The molecule has 0 radical (unpaired) electrons. The first-order valence-electron chi connectivity index (χ1n) is 7.99. The summed E-state index contributed by atoms with van der Waals surface area (Å²) in [6, 6.07) is 17.1. The van der Waals surface area contributed by atoms with Gasteiger partial charge < -0.3 is 5.32 Å². The Morgan fingerprint density at radius 2 is 1.81 bits per heavy atom. The Morgan fingerprint density at radius 3 is 2.65 bits per heavy atom. The summed E-state index contributed by atoms with van der Waals surface area (Å²) >= 11 is 3.53. The Morgan fingerprint density at radius 1 is 1.04 bits per heavy atom. The molecule has 0 spiro atoms. The van der Waals surface area contributed by atoms with E-state index in [0.717, 1.165) is 15.6 Å². The summed E-state index contributed by atoms with van der Waals surface area (Å²) in [6.45, 7) is 0.535. The fourth-order valence-electron chi connectivity index (χ4n) is 2.60. The molecule has 0 aliphatic carbocycles. The average molecular weight is 408 g/mol. The van der Waals surface area contributed by atoms with Crippen molar-refractivity contribution in [3.63, 3.8) is 0 Å². The highest BCUT2D eigenvalue weighted by Crippen LogP contribution is 2.19. The van der Waals surface area contributed by atoms with Crippen LogP contribution in [0.1, 0.15) is 16.1 Å². The second-order valence-corrected chi connectivity index (χ2v) is 6.52. The predicted molar refractivity (Wildman–Crippen MR) is 103 cm³/mol. The van der Waals surface area contributed by atoms with Gasteiger partial charge in [0.15, 0.2) is 0 Å². The van der Waals surface area contributed by atoms with Crippen LogP contribution in [0.5, 0.6) is 0 Å². The smallest absolute Gasteiger partial charge is 0.277 e. The number of carbonyl (C=O) groups excluding carboxylic acids is 1. The van der Waals surface area contributed by atoms with Gasteiger partial charge in [0.05, 0.1) is 30.0 Å². The fourth-order valence-corrected chi connectivity index (χ4v) is 3.01. The zero-order chi connectivity index (χ0) is 17.9. The number of benzene rings is 2. The average Bonchev–Trinajstić information content (AvgIpc) is 3.10. The Hall–Kier alpha value is -3.06. The number of anilines is 1. The van der Waals surface area contributed by atoms with Crippen LogP contribution in [0.25, 0.3) is 11.0 Å². The molecular formula is C19H14BrN5O. The van der Waals surface area contributed by atoms with Gasteiger partial charge in [-0.05, 0) is 23.8 Å². The molecule has 0 aliphatic heterocycles. The van der Waals surface area contributed by atoms with Crippen LogP contribution < -0.4 is 5.32 Å². The van der Waals surface area contributed by atoms with E-state index >= 15 is 0 Å². The SMILES string of the molecule is O=C(Nc1ccnn1Cc1ccccc1Br)c1cnc2ccccc2n1. The zero-order valence-corrected chi connectivity index (χ0v) is 15.2. The van der Waals surface area contributed by atoms with Crippen LogP contribution in [0.4, 0.5) is 5.82 Å². The van der Waals surface area contributed by atoms with Crippen molar-refractivity contribution in [2.45, 2.75) is 6.54 Å². The second-order valence-electron chi connectivity index (χ2n) is 5.66. The first-order valence-corrected chi connectivity index (χ1v) is 8.78. The Balaban J connectivity index is 1.56. The van der Waals surface area contributed by atoms with Crippen molar-refractivity contribution in [3.8, 4) is 0 Å². The molecule has 1 amide bonds. The standard InChI is InChI=1S/C19H14BrN5O/c20-14-6-2-1-5-13(14)12-25-18(9-10-22-25)24-19(26)17-11-21-15-7-3-4-8-16(15)23-17/h1-11H,12H2,(H,24,26). The molecule has 26 heavy (non-hydrogen) atoms. The quantitative estimate of drug-likeness (QED) is 0.556. The maximum atomic E-state index is 12.6. The molecule has 4 rings (SSSR count). The van der Waals surface area contributed by atoms with Crippen molar-refractivity contribution in [2.24, 2.45) is 0 Å². The molecule has 0 fully saturated rings. The van der Waals surface area contributed by atoms with Gasteiger partial charge in [-0.1, -0.05) is 46.3 Å². The second kappa shape index (κ2) is 7.05. The van der Waals surface area contributed by atoms with Crippen LogP contribution in [-0.2, 0) is 6.54 Å². The summed E-state index contributed by atoms with van der Waals surface area (Å²) in [6.07, 6.45) is 3.13. The number of nitrogens with one attached hydrogen (secondary N) is 1. The molecule has 4 aromatic rings. The van der Waals surface area contributed by atoms with Crippen molar-refractivity contribution in [1.29, 1.82) is 0 Å². The molecule has 2 aromatic heterocycles. The van der Waals surface area contributed by atoms with Gasteiger partial charge >= 0.3 is 0 Å². The van der Waals surface area contributed by atoms with Crippen molar-refractivity contribution < 1.29 is 4.79 Å². The molecule has 2 aromatic carbocycles. The van der Waals surface area contributed by atoms with Crippen molar-refractivity contribution in [3.05, 3.63) is 82.7 Å². The van der Waals surface area contributed by atoms with Crippen molar-refractivity contribution in [2.75, 3.05) is 5.32 Å². The minimum absolute atomic E-state index is 0.261. The van der Waals surface area contributed by atoms with Gasteiger partial charge in [0.2, 0.25) is 0 Å². The van der Waals surface area contributed by atoms with Gasteiger partial charge in [-0.3, -0.25) is 9.78 Å². The van der Waals surface area contributed by atoms with E-state index in [2.05, 4.69) is 36.3 Å². The predicted octanol–water partition coefficient (Wildman–Crippen LogP) is 3.89. The fraction of sp³-hybridized carbons (Fsp3) is 0.0526. The largest absolute Gasteiger partial charge is 0.305 e. The molecule has 7 heteroatoms. The Kier molecular flexibility index (Phi) is 4.45. The third-order valence-electron chi connectivity index (χ3n) is 3.92. The number of fused-ring (bicyclic) bond motifs is 1. The van der Waals surface area contributed by atoms with Crippen molar-refractivity contribution >= 4 is 38.7 Å². The molecule has 0 saturated heterocycles. The van der Waals surface area contributed by atoms with Gasteiger partial charge in [0.25, 0.3) is 5.91 Å². The van der Waals surface area contributed by atoms with E-state index in [9.17, 15) is 4.79 Å². The summed E-state index contributed by atoms with van der Waals surface area (Å²) < 4.78 is 2.72. The van der Waals surface area contributed by atoms with E-state index in [4.69, 9.17) is 0 Å². The number of hydrogen-bond acceptors (Lipinski definition) is 4. The lowest BCUT2D eigenvalue weighted by Crippen LogP contribution is -2.17. The molecule has 6 nitrogen and oxygen atoms in total. The summed E-state index contributed by atoms with van der Waals surface area (Å²) in [4.78, 5) is 21.2. The number of halogens is 1. The van der Waals surface area contributed by atoms with Crippen LogP contribution >= 0.6 is 15.9 Å². The number of para-hydroxylation sites is 2. The van der Waals surface area contributed by atoms with E-state index in [1.807, 2.05) is 48.5 Å². The van der Waals surface area contributed by atoms with E-state index in [1.165, 1.54) is 6.20 Å². The summed E-state index contributed by atoms with van der Waals surface area (Å²) in [7, 11) is 0. The molecule has 0 aliphatic rings. The Bertz CT molecular complexity index is 1090. The van der Waals surface area contributed by atoms with E-state index < -0.39 is 0 Å². The van der Waals surface area contributed by atoms with Gasteiger partial charge in [-0.15, -0.1) is 0 Å². The van der Waals surface area contributed by atoms with Crippen LogP contribution in [0.15, 0.2) is 71.5 Å². The molecular weight excluding hydrogens is 394 g/mol. The molecule has 128 valence electrons. The van der Waals surface area contributed by atoms with Crippen LogP contribution in [0.2, 0.25) is 0 Å². The van der Waals surface area contributed by atoms with Crippen molar-refractivity contribution in [1.82, 2.24) is 19.7 Å². The maximum Gasteiger partial charge on any atom is 0.277 e. The topological polar surface area (TPSA) is 72.7 Å². The summed E-state index contributed by atoms with van der Waals surface area (Å²) in [5, 5.41) is 7.15. The lowest BCUT2D eigenvalue weighted by molar-refractivity contribution is 0.102. The first kappa shape index (κ1) is 16.4. The third kappa shape index (κ3) is 3.34. The number of aromatic nitrogens is 4. The monoisotopic (exact) mass is 407 g/mol. The summed E-state index contributed by atoms with van der Waals surface area (Å²) in [5.74, 6) is 0.276. The minimum atomic E-state index is -0.322. The van der Waals surface area contributed by atoms with Gasteiger partial charge in [-0.2, -0.15) is 5.10 Å². The number of carbonyl (C=O) groups is 1. The van der Waals surface area contributed by atoms with Gasteiger partial charge in [0.1, 0.15) is 11.5 Å². The molecule has 0 atom stereocenters. The molecule has 1 N–H and O–H groups in total. The highest BCUT2D eigenvalue weighted by Gasteiger charge is 2.13. The number of hydrogen-bond donors (Lipinski definition) is 1. The summed E-state index contributed by atoms with van der Waals surface area (Å²) in [5.41, 5.74) is 2.76. The number of amides is 1. The Labute approximate surface area is 158 Å². The normalized spacial score (nSPS) is 10.8. The van der Waals surface area contributed by atoms with E-state index in [1.54, 1.807) is 16.9 Å². The van der Waals surface area contributed by atoms with Gasteiger partial charge in [-0.25, -0.2) is 9.67 Å². The first-order chi connectivity index (χ1) is 12.7. The van der Waals surface area contributed by atoms with Crippen LogP contribution in [0, 0.1) is 0 Å². The molecule has 0 bridgehead atoms. The van der Waals surface area contributed by atoms with Crippen LogP contribution in [0.3, 0.4) is 0 Å². The number of rotatable bonds is 4. The van der Waals surface area contributed by atoms with Crippen LogP contribution in [-0.4, -0.2) is 25.7 Å². The maximum absolute atomic E-state index is 12.6. The zero-order valence-electron chi connectivity index (χ0n) is 13.6.